The first-order valence-corrected chi connectivity index (χ1v) is 19.0. The molecule has 1 atom stereocenters. The Bertz CT molecular complexity index is 2440. The number of rotatable bonds is 8. The fourth-order valence-corrected chi connectivity index (χ4v) is 8.51. The molecule has 14 heteroatoms. The summed E-state index contributed by atoms with van der Waals surface area (Å²) in [4.78, 5) is 39.9. The number of nitrogens with zero attached hydrogens (tertiary/aromatic N) is 6. The number of pyridine rings is 3. The van der Waals surface area contributed by atoms with Crippen molar-refractivity contribution in [2.75, 3.05) is 33.3 Å². The molecule has 2 aromatic carbocycles. The van der Waals surface area contributed by atoms with Crippen LogP contribution >= 0.6 is 0 Å². The molecule has 0 bridgehead atoms. The highest BCUT2D eigenvalue weighted by Crippen LogP contribution is 2.40. The maximum absolute atomic E-state index is 13.9. The number of cyclic esters (lactones) is 1. The maximum Gasteiger partial charge on any atom is 0.343 e. The van der Waals surface area contributed by atoms with Crippen molar-refractivity contribution in [3.63, 3.8) is 0 Å². The zero-order valence-corrected chi connectivity index (χ0v) is 30.2. The van der Waals surface area contributed by atoms with Gasteiger partial charge in [-0.25, -0.2) is 9.78 Å². The highest BCUT2D eigenvalue weighted by molar-refractivity contribution is 7.90. The standard InChI is InChI=1S/C39H38N6O7S/c1-3-39(48)32-20-34-36-30(23-45(34)37(46)31(32)24-52-38(39)47)29(28-8-4-5-9-33(28)41-36)22-43-15-17-44(18-16-43)35(19-25-10-12-26(51-2)13-11-25)42-53(49,50)27-7-6-14-40-21-27/h4-14,20-21,48H,3,15-19,22-24H2,1-2H3/t39-/m0/s1. The quantitative estimate of drug-likeness (QED) is 0.138. The Balaban J connectivity index is 1.10. The van der Waals surface area contributed by atoms with Crippen molar-refractivity contribution in [3.05, 3.63) is 117 Å². The van der Waals surface area contributed by atoms with Gasteiger partial charge < -0.3 is 24.0 Å². The molecule has 5 aromatic rings. The van der Waals surface area contributed by atoms with Crippen molar-refractivity contribution in [3.8, 4) is 17.1 Å². The van der Waals surface area contributed by atoms with Gasteiger partial charge in [-0.1, -0.05) is 37.3 Å². The number of methoxy groups -OCH3 is 1. The minimum absolute atomic E-state index is 0.0312. The largest absolute Gasteiger partial charge is 0.497 e. The number of carbonyl (C=O) groups excluding carboxylic acids is 1. The van der Waals surface area contributed by atoms with Crippen LogP contribution in [0.5, 0.6) is 5.75 Å². The average molecular weight is 735 g/mol. The summed E-state index contributed by atoms with van der Waals surface area (Å²) in [5.74, 6) is 0.397. The number of amidine groups is 1. The van der Waals surface area contributed by atoms with Crippen LogP contribution in [0.1, 0.15) is 41.2 Å². The van der Waals surface area contributed by atoms with Gasteiger partial charge in [0.1, 0.15) is 23.1 Å². The van der Waals surface area contributed by atoms with Gasteiger partial charge in [-0.05, 0) is 53.9 Å². The molecule has 3 aliphatic heterocycles. The Kier molecular flexibility index (Phi) is 8.83. The van der Waals surface area contributed by atoms with Crippen LogP contribution in [0.2, 0.25) is 0 Å². The number of esters is 1. The molecular formula is C39H38N6O7S. The van der Waals surface area contributed by atoms with Gasteiger partial charge in [-0.3, -0.25) is 14.7 Å². The van der Waals surface area contributed by atoms with Crippen molar-refractivity contribution >= 4 is 32.7 Å². The predicted molar refractivity (Wildman–Crippen MR) is 197 cm³/mol. The van der Waals surface area contributed by atoms with E-state index in [9.17, 15) is 23.1 Å². The first kappa shape index (κ1) is 34.6. The van der Waals surface area contributed by atoms with Crippen molar-refractivity contribution in [2.24, 2.45) is 4.40 Å². The van der Waals surface area contributed by atoms with Crippen LogP contribution in [0.25, 0.3) is 22.3 Å². The lowest BCUT2D eigenvalue weighted by molar-refractivity contribution is -0.172. The summed E-state index contributed by atoms with van der Waals surface area (Å²) in [6.45, 7) is 4.71. The molecule has 0 radical (unpaired) electrons. The number of aliphatic hydroxyl groups is 1. The van der Waals surface area contributed by atoms with E-state index in [-0.39, 0.29) is 34.6 Å². The van der Waals surface area contributed by atoms with Crippen LogP contribution in [0, 0.1) is 0 Å². The Labute approximate surface area is 306 Å². The van der Waals surface area contributed by atoms with Crippen LogP contribution in [0.15, 0.2) is 93.2 Å². The van der Waals surface area contributed by atoms with Gasteiger partial charge in [-0.15, -0.1) is 4.40 Å². The van der Waals surface area contributed by atoms with E-state index >= 15 is 0 Å². The first-order valence-electron chi connectivity index (χ1n) is 17.5. The summed E-state index contributed by atoms with van der Waals surface area (Å²) in [6.07, 6.45) is 3.21. The van der Waals surface area contributed by atoms with Crippen LogP contribution in [0.4, 0.5) is 0 Å². The molecule has 0 aliphatic carbocycles. The predicted octanol–water partition coefficient (Wildman–Crippen LogP) is 3.63. The van der Waals surface area contributed by atoms with E-state index in [1.165, 1.54) is 18.5 Å². The third-order valence-corrected chi connectivity index (χ3v) is 11.8. The van der Waals surface area contributed by atoms with E-state index in [1.54, 1.807) is 30.7 Å². The molecule has 53 heavy (non-hydrogen) atoms. The number of hydrogen-bond acceptors (Lipinski definition) is 10. The summed E-state index contributed by atoms with van der Waals surface area (Å²) in [5.41, 5.74) is 3.22. The molecule has 1 fully saturated rings. The van der Waals surface area contributed by atoms with E-state index in [1.807, 2.05) is 53.4 Å². The number of piperazine rings is 1. The second-order valence-electron chi connectivity index (χ2n) is 13.5. The molecule has 0 spiro atoms. The fraction of sp³-hybridized carbons (Fsp3) is 0.308. The number of benzene rings is 2. The lowest BCUT2D eigenvalue weighted by Crippen LogP contribution is -2.49. The van der Waals surface area contributed by atoms with Crippen molar-refractivity contribution in [1.82, 2.24) is 24.3 Å². The molecule has 6 heterocycles. The van der Waals surface area contributed by atoms with Crippen molar-refractivity contribution in [2.45, 2.75) is 50.0 Å². The molecule has 272 valence electrons. The molecule has 1 N–H and O–H groups in total. The molecule has 13 nitrogen and oxygen atoms in total. The molecule has 0 saturated carbocycles. The molecule has 3 aromatic heterocycles. The Morgan fingerprint density at radius 2 is 1.79 bits per heavy atom. The molecule has 0 amide bonds. The molecule has 3 aliphatic rings. The third kappa shape index (κ3) is 6.15. The molecule has 1 saturated heterocycles. The molecular weight excluding hydrogens is 697 g/mol. The minimum Gasteiger partial charge on any atom is -0.497 e. The molecule has 0 unspecified atom stereocenters. The van der Waals surface area contributed by atoms with Crippen LogP contribution in [-0.4, -0.2) is 83.0 Å². The normalized spacial score (nSPS) is 18.7. The van der Waals surface area contributed by atoms with Gasteiger partial charge in [-0.2, -0.15) is 8.42 Å². The summed E-state index contributed by atoms with van der Waals surface area (Å²) < 4.78 is 43.5. The van der Waals surface area contributed by atoms with E-state index in [4.69, 9.17) is 14.5 Å². The van der Waals surface area contributed by atoms with E-state index < -0.39 is 21.6 Å². The Morgan fingerprint density at radius 1 is 1.02 bits per heavy atom. The monoisotopic (exact) mass is 734 g/mol. The maximum atomic E-state index is 13.9. The number of fused-ring (bicyclic) bond motifs is 5. The Morgan fingerprint density at radius 3 is 2.51 bits per heavy atom. The lowest BCUT2D eigenvalue weighted by atomic mass is 9.86. The van der Waals surface area contributed by atoms with Crippen LogP contribution < -0.4 is 10.3 Å². The second-order valence-corrected chi connectivity index (χ2v) is 15.1. The number of aromatic nitrogens is 3. The van der Waals surface area contributed by atoms with Gasteiger partial charge in [0.25, 0.3) is 15.6 Å². The van der Waals surface area contributed by atoms with Crippen molar-refractivity contribution < 1.29 is 27.8 Å². The fourth-order valence-electron chi connectivity index (χ4n) is 7.50. The second kappa shape index (κ2) is 13.5. The average Bonchev–Trinajstić information content (AvgIpc) is 3.55. The number of carbonyl (C=O) groups is 1. The summed E-state index contributed by atoms with van der Waals surface area (Å²) >= 11 is 0. The lowest BCUT2D eigenvalue weighted by Gasteiger charge is -2.37. The summed E-state index contributed by atoms with van der Waals surface area (Å²) in [5, 5.41) is 12.3. The van der Waals surface area contributed by atoms with Crippen LogP contribution in [-0.2, 0) is 51.3 Å². The van der Waals surface area contributed by atoms with Crippen molar-refractivity contribution in [1.29, 1.82) is 0 Å². The molecule has 8 rings (SSSR count). The van der Waals surface area contributed by atoms with E-state index in [2.05, 4.69) is 14.3 Å². The zero-order chi connectivity index (χ0) is 36.9. The number of ether oxygens (including phenoxy) is 2. The third-order valence-electron chi connectivity index (χ3n) is 10.5. The Hall–Kier alpha value is -5.44. The van der Waals surface area contributed by atoms with E-state index in [0.29, 0.717) is 68.7 Å². The van der Waals surface area contributed by atoms with Gasteiger partial charge in [0, 0.05) is 68.1 Å². The smallest absolute Gasteiger partial charge is 0.343 e. The zero-order valence-electron chi connectivity index (χ0n) is 29.4. The van der Waals surface area contributed by atoms with Gasteiger partial charge in [0.15, 0.2) is 5.60 Å². The van der Waals surface area contributed by atoms with Gasteiger partial charge >= 0.3 is 5.97 Å². The van der Waals surface area contributed by atoms with Gasteiger partial charge in [0.05, 0.1) is 36.1 Å². The number of sulfonamides is 1. The number of hydrogen-bond donors (Lipinski definition) is 1. The SMILES string of the molecule is CC[C@@]1(O)C(=O)OCc2c1cc1n(c2=O)Cc2c-1nc1ccccc1c2CN1CCN(C(Cc2ccc(OC)cc2)=NS(=O)(=O)c2cccnc2)CC1. The summed E-state index contributed by atoms with van der Waals surface area (Å²) in [6, 6.07) is 20.2. The van der Waals surface area contributed by atoms with Gasteiger partial charge in [0.2, 0.25) is 0 Å². The van der Waals surface area contributed by atoms with E-state index in [0.717, 1.165) is 27.6 Å². The van der Waals surface area contributed by atoms with Crippen LogP contribution in [0.3, 0.4) is 0 Å². The topological polar surface area (TPSA) is 157 Å². The highest BCUT2D eigenvalue weighted by Gasteiger charge is 2.45. The first-order chi connectivity index (χ1) is 25.6. The number of para-hydroxylation sites is 1. The minimum atomic E-state index is -4.01. The summed E-state index contributed by atoms with van der Waals surface area (Å²) in [7, 11) is -2.42. The highest BCUT2D eigenvalue weighted by atomic mass is 32.2.